The van der Waals surface area contributed by atoms with Gasteiger partial charge in [-0.25, -0.2) is 9.37 Å². The Morgan fingerprint density at radius 3 is 2.82 bits per heavy atom. The van der Waals surface area contributed by atoms with Gasteiger partial charge in [-0.2, -0.15) is 0 Å². The van der Waals surface area contributed by atoms with Gasteiger partial charge in [0, 0.05) is 28.9 Å². The van der Waals surface area contributed by atoms with Crippen molar-refractivity contribution in [1.82, 2.24) is 9.97 Å². The van der Waals surface area contributed by atoms with E-state index < -0.39 is 0 Å². The summed E-state index contributed by atoms with van der Waals surface area (Å²) < 4.78 is 13.7. The number of nitrogens with two attached hydrogens (primary N) is 1. The highest BCUT2D eigenvalue weighted by atomic mass is 32.2. The monoisotopic (exact) mass is 249 g/mol. The number of aromatic nitrogens is 2. The molecule has 0 radical (unpaired) electrons. The van der Waals surface area contributed by atoms with Gasteiger partial charge in [0.15, 0.2) is 0 Å². The van der Waals surface area contributed by atoms with E-state index in [0.29, 0.717) is 5.56 Å². The summed E-state index contributed by atoms with van der Waals surface area (Å²) in [5, 5.41) is 0.722. The van der Waals surface area contributed by atoms with Gasteiger partial charge in [-0.1, -0.05) is 17.8 Å². The number of nitrogens with zero attached hydrogens (tertiary/aromatic N) is 2. The van der Waals surface area contributed by atoms with E-state index in [9.17, 15) is 4.39 Å². The number of hydrogen-bond donors (Lipinski definition) is 1. The highest BCUT2D eigenvalue weighted by Crippen LogP contribution is 2.32. The summed E-state index contributed by atoms with van der Waals surface area (Å²) in [5.74, 6) is -0.283. The van der Waals surface area contributed by atoms with Gasteiger partial charge in [-0.3, -0.25) is 4.98 Å². The van der Waals surface area contributed by atoms with E-state index in [4.69, 9.17) is 5.73 Å². The van der Waals surface area contributed by atoms with Crippen LogP contribution in [0.15, 0.2) is 46.7 Å². The van der Waals surface area contributed by atoms with Crippen LogP contribution in [-0.2, 0) is 0 Å². The lowest BCUT2D eigenvalue weighted by Gasteiger charge is -2.12. The SMILES string of the molecule is C[C@@H](N)c1c(F)cccc1Sc1cnccn1. The zero-order chi connectivity index (χ0) is 12.3. The molecule has 88 valence electrons. The van der Waals surface area contributed by atoms with Crippen molar-refractivity contribution < 1.29 is 4.39 Å². The molecule has 0 aliphatic carbocycles. The molecule has 0 amide bonds. The molecule has 1 aromatic heterocycles. The first-order valence-electron chi connectivity index (χ1n) is 5.16. The van der Waals surface area contributed by atoms with E-state index in [0.717, 1.165) is 9.92 Å². The largest absolute Gasteiger partial charge is 0.324 e. The maximum absolute atomic E-state index is 13.7. The molecule has 1 aromatic carbocycles. The van der Waals surface area contributed by atoms with Gasteiger partial charge in [-0.05, 0) is 19.1 Å². The third-order valence-electron chi connectivity index (χ3n) is 2.22. The van der Waals surface area contributed by atoms with Gasteiger partial charge >= 0.3 is 0 Å². The minimum absolute atomic E-state index is 0.283. The third kappa shape index (κ3) is 2.81. The van der Waals surface area contributed by atoms with Crippen LogP contribution >= 0.6 is 11.8 Å². The first-order chi connectivity index (χ1) is 8.18. The summed E-state index contributed by atoms with van der Waals surface area (Å²) in [5.41, 5.74) is 6.30. The molecule has 5 heteroatoms. The lowest BCUT2D eigenvalue weighted by molar-refractivity contribution is 0.585. The summed E-state index contributed by atoms with van der Waals surface area (Å²) in [4.78, 5) is 8.89. The molecule has 2 rings (SSSR count). The Bertz CT molecular complexity index is 502. The molecular weight excluding hydrogens is 237 g/mol. The summed E-state index contributed by atoms with van der Waals surface area (Å²) in [6, 6.07) is 4.57. The third-order valence-corrected chi connectivity index (χ3v) is 3.22. The van der Waals surface area contributed by atoms with E-state index in [-0.39, 0.29) is 11.9 Å². The topological polar surface area (TPSA) is 51.8 Å². The maximum atomic E-state index is 13.7. The van der Waals surface area contributed by atoms with Crippen molar-refractivity contribution in [3.05, 3.63) is 48.2 Å². The quantitative estimate of drug-likeness (QED) is 0.908. The van der Waals surface area contributed by atoms with Crippen LogP contribution in [0.1, 0.15) is 18.5 Å². The molecule has 0 aliphatic heterocycles. The van der Waals surface area contributed by atoms with E-state index in [1.54, 1.807) is 31.6 Å². The molecule has 3 nitrogen and oxygen atoms in total. The molecular formula is C12H12FN3S. The number of rotatable bonds is 3. The highest BCUT2D eigenvalue weighted by Gasteiger charge is 2.13. The maximum Gasteiger partial charge on any atom is 0.129 e. The zero-order valence-corrected chi connectivity index (χ0v) is 10.1. The molecule has 0 unspecified atom stereocenters. The molecule has 0 saturated heterocycles. The number of benzene rings is 1. The lowest BCUT2D eigenvalue weighted by Crippen LogP contribution is -2.09. The second-order valence-electron chi connectivity index (χ2n) is 3.59. The number of hydrogen-bond acceptors (Lipinski definition) is 4. The van der Waals surface area contributed by atoms with Gasteiger partial charge < -0.3 is 5.73 Å². The molecule has 0 saturated carbocycles. The van der Waals surface area contributed by atoms with Crippen LogP contribution in [0.5, 0.6) is 0 Å². The van der Waals surface area contributed by atoms with E-state index in [2.05, 4.69) is 9.97 Å². The molecule has 0 spiro atoms. The first kappa shape index (κ1) is 12.0. The molecule has 0 bridgehead atoms. The second-order valence-corrected chi connectivity index (χ2v) is 4.65. The molecule has 1 atom stereocenters. The van der Waals surface area contributed by atoms with Crippen molar-refractivity contribution in [2.75, 3.05) is 0 Å². The summed E-state index contributed by atoms with van der Waals surface area (Å²) in [6.45, 7) is 1.76. The van der Waals surface area contributed by atoms with Crippen molar-refractivity contribution in [1.29, 1.82) is 0 Å². The molecule has 17 heavy (non-hydrogen) atoms. The van der Waals surface area contributed by atoms with E-state index in [1.807, 2.05) is 6.07 Å². The molecule has 1 heterocycles. The average molecular weight is 249 g/mol. The van der Waals surface area contributed by atoms with Gasteiger partial charge in [0.2, 0.25) is 0 Å². The van der Waals surface area contributed by atoms with Crippen LogP contribution < -0.4 is 5.73 Å². The minimum atomic E-state index is -0.352. The van der Waals surface area contributed by atoms with Crippen molar-refractivity contribution in [3.8, 4) is 0 Å². The zero-order valence-electron chi connectivity index (χ0n) is 9.30. The van der Waals surface area contributed by atoms with Crippen molar-refractivity contribution in [2.24, 2.45) is 5.73 Å². The Morgan fingerprint density at radius 1 is 1.35 bits per heavy atom. The summed E-state index contributed by atoms with van der Waals surface area (Å²) >= 11 is 1.36. The van der Waals surface area contributed by atoms with Gasteiger partial charge in [0.05, 0.1) is 6.20 Å². The number of halogens is 1. The summed E-state index contributed by atoms with van der Waals surface area (Å²) in [7, 11) is 0. The Kier molecular flexibility index (Phi) is 3.71. The smallest absolute Gasteiger partial charge is 0.129 e. The summed E-state index contributed by atoms with van der Waals surface area (Å²) in [6.07, 6.45) is 4.84. The molecule has 2 N–H and O–H groups in total. The Morgan fingerprint density at radius 2 is 2.18 bits per heavy atom. The van der Waals surface area contributed by atoms with E-state index >= 15 is 0 Å². The minimum Gasteiger partial charge on any atom is -0.324 e. The standard InChI is InChI=1S/C12H12FN3S/c1-8(14)12-9(13)3-2-4-10(12)17-11-7-15-5-6-16-11/h2-8H,14H2,1H3/t8-/m1/s1. The highest BCUT2D eigenvalue weighted by molar-refractivity contribution is 7.99. The fourth-order valence-electron chi connectivity index (χ4n) is 1.50. The van der Waals surface area contributed by atoms with Gasteiger partial charge in [0.25, 0.3) is 0 Å². The van der Waals surface area contributed by atoms with Gasteiger partial charge in [-0.15, -0.1) is 0 Å². The van der Waals surface area contributed by atoms with Crippen molar-refractivity contribution >= 4 is 11.8 Å². The fraction of sp³-hybridized carbons (Fsp3) is 0.167. The van der Waals surface area contributed by atoms with Crippen molar-refractivity contribution in [2.45, 2.75) is 22.9 Å². The van der Waals surface area contributed by atoms with Gasteiger partial charge in [0.1, 0.15) is 10.8 Å². The molecule has 0 aliphatic rings. The predicted octanol–water partition coefficient (Wildman–Crippen LogP) is 2.79. The average Bonchev–Trinajstić information content (AvgIpc) is 2.30. The van der Waals surface area contributed by atoms with Crippen LogP contribution in [-0.4, -0.2) is 9.97 Å². The van der Waals surface area contributed by atoms with Crippen LogP contribution in [0.25, 0.3) is 0 Å². The van der Waals surface area contributed by atoms with Crippen LogP contribution in [0.4, 0.5) is 4.39 Å². The van der Waals surface area contributed by atoms with E-state index in [1.165, 1.54) is 17.8 Å². The van der Waals surface area contributed by atoms with Crippen LogP contribution in [0, 0.1) is 5.82 Å². The Hall–Kier alpha value is -1.46. The fourth-order valence-corrected chi connectivity index (χ4v) is 2.49. The first-order valence-corrected chi connectivity index (χ1v) is 5.98. The second kappa shape index (κ2) is 5.25. The van der Waals surface area contributed by atoms with Crippen LogP contribution in [0.2, 0.25) is 0 Å². The predicted molar refractivity (Wildman–Crippen MR) is 65.2 cm³/mol. The molecule has 0 fully saturated rings. The normalized spacial score (nSPS) is 12.4. The van der Waals surface area contributed by atoms with Crippen LogP contribution in [0.3, 0.4) is 0 Å². The molecule has 2 aromatic rings. The Labute approximate surface area is 103 Å². The Balaban J connectivity index is 2.36. The van der Waals surface area contributed by atoms with Crippen molar-refractivity contribution in [3.63, 3.8) is 0 Å². The lowest BCUT2D eigenvalue weighted by atomic mass is 10.1.